The number of hydrogen-bond acceptors (Lipinski definition) is 4. The first-order valence-corrected chi connectivity index (χ1v) is 10.2. The molecule has 0 radical (unpaired) electrons. The standard InChI is InChI=1S/C23H27N3O2/c1-17-9-13-26(14-10-17)20-8-7-18(15-24-20)16-25-22(28)23(11-12-23)21(27)19-5-3-2-4-6-19/h2-8,15,17H,9-14,16H2,1H3,(H,25,28). The van der Waals surface area contributed by atoms with Crippen molar-refractivity contribution in [3.8, 4) is 0 Å². The lowest BCUT2D eigenvalue weighted by Gasteiger charge is -2.31. The number of carbonyl (C=O) groups is 2. The molecule has 1 aliphatic carbocycles. The van der Waals surface area contributed by atoms with Gasteiger partial charge in [0.05, 0.1) is 0 Å². The van der Waals surface area contributed by atoms with Crippen LogP contribution >= 0.6 is 0 Å². The zero-order valence-corrected chi connectivity index (χ0v) is 16.4. The smallest absolute Gasteiger partial charge is 0.234 e. The van der Waals surface area contributed by atoms with Gasteiger partial charge in [-0.1, -0.05) is 43.3 Å². The van der Waals surface area contributed by atoms with Gasteiger partial charge in [0.15, 0.2) is 5.78 Å². The number of carbonyl (C=O) groups excluding carboxylic acids is 2. The Morgan fingerprint density at radius 1 is 1.11 bits per heavy atom. The number of rotatable bonds is 6. The van der Waals surface area contributed by atoms with Gasteiger partial charge in [-0.25, -0.2) is 4.98 Å². The monoisotopic (exact) mass is 377 g/mol. The van der Waals surface area contributed by atoms with Crippen LogP contribution in [0, 0.1) is 11.3 Å². The second-order valence-corrected chi connectivity index (χ2v) is 8.15. The fourth-order valence-corrected chi connectivity index (χ4v) is 3.85. The number of hydrogen-bond donors (Lipinski definition) is 1. The first-order valence-electron chi connectivity index (χ1n) is 10.2. The maximum atomic E-state index is 12.7. The van der Waals surface area contributed by atoms with Gasteiger partial charge in [0.2, 0.25) is 5.91 Å². The third kappa shape index (κ3) is 3.79. The molecule has 1 aliphatic heterocycles. The molecule has 4 rings (SSSR count). The van der Waals surface area contributed by atoms with Crippen molar-refractivity contribution in [3.63, 3.8) is 0 Å². The Labute approximate surface area is 166 Å². The normalized spacial score (nSPS) is 18.5. The molecule has 2 aliphatic rings. The quantitative estimate of drug-likeness (QED) is 0.617. The lowest BCUT2D eigenvalue weighted by atomic mass is 9.94. The van der Waals surface area contributed by atoms with Crippen LogP contribution in [0.4, 0.5) is 5.82 Å². The SMILES string of the molecule is CC1CCN(c2ccc(CNC(=O)C3(C(=O)c4ccccc4)CC3)cn2)CC1. The highest BCUT2D eigenvalue weighted by molar-refractivity contribution is 6.16. The van der Waals surface area contributed by atoms with E-state index in [1.165, 1.54) is 12.8 Å². The Morgan fingerprint density at radius 3 is 2.43 bits per heavy atom. The van der Waals surface area contributed by atoms with E-state index in [4.69, 9.17) is 0 Å². The van der Waals surface area contributed by atoms with Gasteiger partial charge in [0.1, 0.15) is 11.2 Å². The van der Waals surface area contributed by atoms with Crippen LogP contribution in [0.5, 0.6) is 0 Å². The predicted octanol–water partition coefficient (Wildman–Crippen LogP) is 3.60. The van der Waals surface area contributed by atoms with Gasteiger partial charge < -0.3 is 10.2 Å². The van der Waals surface area contributed by atoms with E-state index in [1.807, 2.05) is 36.5 Å². The van der Waals surface area contributed by atoms with Crippen LogP contribution in [0.25, 0.3) is 0 Å². The topological polar surface area (TPSA) is 62.3 Å². The minimum absolute atomic E-state index is 0.0709. The number of pyridine rings is 1. The third-order valence-corrected chi connectivity index (χ3v) is 6.03. The molecule has 1 N–H and O–H groups in total. The van der Waals surface area contributed by atoms with Crippen LogP contribution in [-0.4, -0.2) is 29.8 Å². The van der Waals surface area contributed by atoms with E-state index in [9.17, 15) is 9.59 Å². The molecule has 1 amide bonds. The van der Waals surface area contributed by atoms with Gasteiger partial charge in [-0.15, -0.1) is 0 Å². The van der Waals surface area contributed by atoms with Gasteiger partial charge in [-0.2, -0.15) is 0 Å². The van der Waals surface area contributed by atoms with Crippen molar-refractivity contribution in [3.05, 3.63) is 59.8 Å². The molecule has 28 heavy (non-hydrogen) atoms. The van der Waals surface area contributed by atoms with E-state index >= 15 is 0 Å². The molecule has 1 saturated heterocycles. The average molecular weight is 377 g/mol. The van der Waals surface area contributed by atoms with Crippen molar-refractivity contribution in [1.82, 2.24) is 10.3 Å². The van der Waals surface area contributed by atoms with E-state index in [2.05, 4.69) is 22.1 Å². The first-order chi connectivity index (χ1) is 13.6. The molecule has 0 spiro atoms. The van der Waals surface area contributed by atoms with Gasteiger partial charge in [-0.05, 0) is 43.2 Å². The number of piperidine rings is 1. The molecule has 0 unspecified atom stereocenters. The van der Waals surface area contributed by atoms with Crippen molar-refractivity contribution < 1.29 is 9.59 Å². The van der Waals surface area contributed by atoms with Crippen molar-refractivity contribution in [2.75, 3.05) is 18.0 Å². The Bertz CT molecular complexity index is 836. The summed E-state index contributed by atoms with van der Waals surface area (Å²) in [7, 11) is 0. The second kappa shape index (κ2) is 7.74. The molecule has 2 fully saturated rings. The van der Waals surface area contributed by atoms with Gasteiger partial charge in [0.25, 0.3) is 0 Å². The van der Waals surface area contributed by atoms with Gasteiger partial charge >= 0.3 is 0 Å². The summed E-state index contributed by atoms with van der Waals surface area (Å²) in [5, 5.41) is 2.94. The molecule has 2 heterocycles. The minimum Gasteiger partial charge on any atom is -0.357 e. The van der Waals surface area contributed by atoms with E-state index in [-0.39, 0.29) is 11.7 Å². The highest BCUT2D eigenvalue weighted by Crippen LogP contribution is 2.48. The molecular weight excluding hydrogens is 350 g/mol. The predicted molar refractivity (Wildman–Crippen MR) is 109 cm³/mol. The summed E-state index contributed by atoms with van der Waals surface area (Å²) in [6.07, 6.45) is 5.48. The summed E-state index contributed by atoms with van der Waals surface area (Å²) in [5.74, 6) is 1.55. The van der Waals surface area contributed by atoms with Crippen LogP contribution in [-0.2, 0) is 11.3 Å². The lowest BCUT2D eigenvalue weighted by Crippen LogP contribution is -2.37. The van der Waals surface area contributed by atoms with Crippen LogP contribution < -0.4 is 10.2 Å². The number of benzene rings is 1. The molecule has 1 aromatic heterocycles. The molecule has 0 bridgehead atoms. The summed E-state index contributed by atoms with van der Waals surface area (Å²) in [6, 6.07) is 13.1. The number of Topliss-reactive ketones (excluding diaryl/α,β-unsaturated/α-hetero) is 1. The average Bonchev–Trinajstić information content (AvgIpc) is 3.55. The number of amides is 1. The van der Waals surface area contributed by atoms with Gasteiger partial charge in [-0.3, -0.25) is 9.59 Å². The summed E-state index contributed by atoms with van der Waals surface area (Å²) < 4.78 is 0. The fraction of sp³-hybridized carbons (Fsp3) is 0.435. The summed E-state index contributed by atoms with van der Waals surface area (Å²) >= 11 is 0. The van der Waals surface area contributed by atoms with Crippen molar-refractivity contribution in [1.29, 1.82) is 0 Å². The maximum absolute atomic E-state index is 12.7. The second-order valence-electron chi connectivity index (χ2n) is 8.15. The van der Waals surface area contributed by atoms with Gasteiger partial charge in [0, 0.05) is 31.4 Å². The molecule has 0 atom stereocenters. The van der Waals surface area contributed by atoms with Crippen molar-refractivity contribution in [2.45, 2.75) is 39.2 Å². The number of nitrogens with zero attached hydrogens (tertiary/aromatic N) is 2. The molecule has 5 nitrogen and oxygen atoms in total. The van der Waals surface area contributed by atoms with E-state index in [1.54, 1.807) is 12.1 Å². The molecule has 146 valence electrons. The van der Waals surface area contributed by atoms with Crippen LogP contribution in [0.3, 0.4) is 0 Å². The van der Waals surface area contributed by atoms with E-state index in [0.29, 0.717) is 24.9 Å². The first kappa shape index (κ1) is 18.7. The minimum atomic E-state index is -0.876. The number of nitrogens with one attached hydrogen (secondary N) is 1. The lowest BCUT2D eigenvalue weighted by molar-refractivity contribution is -0.124. The summed E-state index contributed by atoms with van der Waals surface area (Å²) in [4.78, 5) is 32.3. The van der Waals surface area contributed by atoms with E-state index < -0.39 is 5.41 Å². The summed E-state index contributed by atoms with van der Waals surface area (Å²) in [6.45, 7) is 4.79. The fourth-order valence-electron chi connectivity index (χ4n) is 3.85. The molecule has 5 heteroatoms. The molecule has 1 saturated carbocycles. The maximum Gasteiger partial charge on any atom is 0.234 e. The molecule has 2 aromatic rings. The highest BCUT2D eigenvalue weighted by atomic mass is 16.2. The Balaban J connectivity index is 1.34. The zero-order chi connectivity index (χ0) is 19.6. The largest absolute Gasteiger partial charge is 0.357 e. The highest BCUT2D eigenvalue weighted by Gasteiger charge is 2.56. The number of aromatic nitrogens is 1. The van der Waals surface area contributed by atoms with E-state index in [0.717, 1.165) is 30.4 Å². The van der Waals surface area contributed by atoms with Crippen LogP contribution in [0.1, 0.15) is 48.5 Å². The number of anilines is 1. The summed E-state index contributed by atoms with van der Waals surface area (Å²) in [5.41, 5.74) is 0.682. The zero-order valence-electron chi connectivity index (χ0n) is 16.4. The number of ketones is 1. The Hall–Kier alpha value is -2.69. The van der Waals surface area contributed by atoms with Crippen molar-refractivity contribution in [2.24, 2.45) is 11.3 Å². The van der Waals surface area contributed by atoms with Crippen molar-refractivity contribution >= 4 is 17.5 Å². The van der Waals surface area contributed by atoms with Crippen LogP contribution in [0.15, 0.2) is 48.7 Å². The Kier molecular flexibility index (Phi) is 5.16. The third-order valence-electron chi connectivity index (χ3n) is 6.03. The van der Waals surface area contributed by atoms with Crippen LogP contribution in [0.2, 0.25) is 0 Å². The molecule has 1 aromatic carbocycles. The molecular formula is C23H27N3O2. The Morgan fingerprint density at radius 2 is 1.82 bits per heavy atom.